The van der Waals surface area contributed by atoms with E-state index in [-0.39, 0.29) is 6.04 Å². The van der Waals surface area contributed by atoms with Gasteiger partial charge in [-0.1, -0.05) is 23.2 Å². The molecule has 0 aliphatic carbocycles. The molecule has 112 valence electrons. The van der Waals surface area contributed by atoms with Gasteiger partial charge in [0.15, 0.2) is 0 Å². The van der Waals surface area contributed by atoms with Crippen molar-refractivity contribution in [1.29, 1.82) is 0 Å². The van der Waals surface area contributed by atoms with Crippen LogP contribution in [0.15, 0.2) is 36.4 Å². The number of methoxy groups -OCH3 is 2. The first-order valence-electron chi connectivity index (χ1n) is 6.44. The molecule has 0 fully saturated rings. The van der Waals surface area contributed by atoms with Crippen molar-refractivity contribution in [1.82, 2.24) is 5.32 Å². The molecule has 0 saturated heterocycles. The lowest BCUT2D eigenvalue weighted by Gasteiger charge is -2.22. The molecule has 0 aliphatic rings. The minimum atomic E-state index is -0.146. The third kappa shape index (κ3) is 3.43. The lowest BCUT2D eigenvalue weighted by Crippen LogP contribution is -2.19. The molecule has 0 aromatic heterocycles. The van der Waals surface area contributed by atoms with Gasteiger partial charge in [0.05, 0.1) is 20.3 Å². The zero-order valence-electron chi connectivity index (χ0n) is 12.1. The van der Waals surface area contributed by atoms with E-state index >= 15 is 0 Å². The van der Waals surface area contributed by atoms with E-state index in [1.165, 1.54) is 0 Å². The quantitative estimate of drug-likeness (QED) is 0.888. The van der Waals surface area contributed by atoms with Crippen LogP contribution in [0.1, 0.15) is 17.2 Å². The Morgan fingerprint density at radius 3 is 1.62 bits per heavy atom. The summed E-state index contributed by atoms with van der Waals surface area (Å²) in [5, 5.41) is 4.55. The summed E-state index contributed by atoms with van der Waals surface area (Å²) < 4.78 is 10.9. The van der Waals surface area contributed by atoms with Gasteiger partial charge < -0.3 is 14.8 Å². The lowest BCUT2D eigenvalue weighted by atomic mass is 9.97. The molecule has 0 bridgehead atoms. The van der Waals surface area contributed by atoms with E-state index < -0.39 is 0 Å². The second-order valence-corrected chi connectivity index (χ2v) is 5.37. The Hall–Kier alpha value is -1.42. The highest BCUT2D eigenvalue weighted by Crippen LogP contribution is 2.37. The van der Waals surface area contributed by atoms with Crippen LogP contribution >= 0.6 is 23.2 Å². The largest absolute Gasteiger partial charge is 0.496 e. The number of hydrogen-bond acceptors (Lipinski definition) is 3. The van der Waals surface area contributed by atoms with E-state index in [0.717, 1.165) is 22.6 Å². The molecular formula is C16H17Cl2NO2. The fourth-order valence-electron chi connectivity index (χ4n) is 2.34. The summed E-state index contributed by atoms with van der Waals surface area (Å²) in [5.41, 5.74) is 1.85. The number of nitrogens with one attached hydrogen (secondary N) is 1. The predicted molar refractivity (Wildman–Crippen MR) is 86.9 cm³/mol. The van der Waals surface area contributed by atoms with Gasteiger partial charge in [0.1, 0.15) is 11.5 Å². The first kappa shape index (κ1) is 16.0. The van der Waals surface area contributed by atoms with Crippen LogP contribution < -0.4 is 14.8 Å². The van der Waals surface area contributed by atoms with E-state index in [1.807, 2.05) is 31.3 Å². The Labute approximate surface area is 134 Å². The second-order valence-electron chi connectivity index (χ2n) is 4.49. The Morgan fingerprint density at radius 2 is 1.29 bits per heavy atom. The SMILES string of the molecule is CNC(c1cc(Cl)ccc1OC)c1cc(Cl)ccc1OC. The van der Waals surface area contributed by atoms with Gasteiger partial charge in [0.2, 0.25) is 0 Å². The van der Waals surface area contributed by atoms with Crippen LogP contribution in [0.25, 0.3) is 0 Å². The number of ether oxygens (including phenoxy) is 2. The van der Waals surface area contributed by atoms with Gasteiger partial charge in [-0.25, -0.2) is 0 Å². The minimum absolute atomic E-state index is 0.146. The number of halogens is 2. The molecule has 0 spiro atoms. The molecular weight excluding hydrogens is 309 g/mol. The molecule has 0 atom stereocenters. The molecule has 0 saturated carbocycles. The van der Waals surface area contributed by atoms with Gasteiger partial charge in [-0.3, -0.25) is 0 Å². The molecule has 2 aromatic rings. The summed E-state index contributed by atoms with van der Waals surface area (Å²) in [5.74, 6) is 1.50. The van der Waals surface area contributed by atoms with Crippen molar-refractivity contribution in [2.24, 2.45) is 0 Å². The van der Waals surface area contributed by atoms with Crippen molar-refractivity contribution in [3.05, 3.63) is 57.6 Å². The highest BCUT2D eigenvalue weighted by atomic mass is 35.5. The fourth-order valence-corrected chi connectivity index (χ4v) is 2.70. The van der Waals surface area contributed by atoms with Gasteiger partial charge in [-0.05, 0) is 43.4 Å². The molecule has 0 amide bonds. The summed E-state index contributed by atoms with van der Waals surface area (Å²) >= 11 is 12.3. The van der Waals surface area contributed by atoms with Gasteiger partial charge in [0.25, 0.3) is 0 Å². The topological polar surface area (TPSA) is 30.5 Å². The Balaban J connectivity index is 2.59. The van der Waals surface area contributed by atoms with E-state index in [0.29, 0.717) is 10.0 Å². The highest BCUT2D eigenvalue weighted by molar-refractivity contribution is 6.31. The minimum Gasteiger partial charge on any atom is -0.496 e. The monoisotopic (exact) mass is 325 g/mol. The van der Waals surface area contributed by atoms with Crippen molar-refractivity contribution in [3.63, 3.8) is 0 Å². The van der Waals surface area contributed by atoms with Crippen LogP contribution in [-0.4, -0.2) is 21.3 Å². The number of benzene rings is 2. The predicted octanol–water partition coefficient (Wildman–Crippen LogP) is 4.32. The maximum absolute atomic E-state index is 6.13. The summed E-state index contributed by atoms with van der Waals surface area (Å²) in [6.45, 7) is 0. The molecule has 0 unspecified atom stereocenters. The number of rotatable bonds is 5. The molecule has 3 nitrogen and oxygen atoms in total. The maximum Gasteiger partial charge on any atom is 0.124 e. The Kier molecular flexibility index (Phi) is 5.34. The molecule has 0 aliphatic heterocycles. The lowest BCUT2D eigenvalue weighted by molar-refractivity contribution is 0.396. The number of hydrogen-bond donors (Lipinski definition) is 1. The Bertz CT molecular complexity index is 578. The van der Waals surface area contributed by atoms with Crippen molar-refractivity contribution in [3.8, 4) is 11.5 Å². The van der Waals surface area contributed by atoms with Crippen LogP contribution in [0.5, 0.6) is 11.5 Å². The van der Waals surface area contributed by atoms with E-state index in [4.69, 9.17) is 32.7 Å². The van der Waals surface area contributed by atoms with Crippen LogP contribution in [0.2, 0.25) is 10.0 Å². The third-order valence-corrected chi connectivity index (χ3v) is 3.76. The Morgan fingerprint density at radius 1 is 0.857 bits per heavy atom. The summed E-state index contributed by atoms with van der Waals surface area (Å²) in [4.78, 5) is 0. The van der Waals surface area contributed by atoms with Crippen molar-refractivity contribution in [2.45, 2.75) is 6.04 Å². The molecule has 1 N–H and O–H groups in total. The molecule has 5 heteroatoms. The zero-order valence-corrected chi connectivity index (χ0v) is 13.6. The molecule has 21 heavy (non-hydrogen) atoms. The van der Waals surface area contributed by atoms with Gasteiger partial charge in [-0.2, -0.15) is 0 Å². The van der Waals surface area contributed by atoms with Crippen LogP contribution in [0.4, 0.5) is 0 Å². The van der Waals surface area contributed by atoms with Crippen molar-refractivity contribution in [2.75, 3.05) is 21.3 Å². The standard InChI is InChI=1S/C16H17Cl2NO2/c1-19-16(12-8-10(17)4-6-14(12)20-2)13-9-11(18)5-7-15(13)21-3/h4-9,16,19H,1-3H3. The first-order valence-corrected chi connectivity index (χ1v) is 7.20. The van der Waals surface area contributed by atoms with Gasteiger partial charge in [-0.15, -0.1) is 0 Å². The summed E-state index contributed by atoms with van der Waals surface area (Å²) in [7, 11) is 5.13. The molecule has 0 heterocycles. The summed E-state index contributed by atoms with van der Waals surface area (Å²) in [6.07, 6.45) is 0. The normalized spacial score (nSPS) is 10.8. The fraction of sp³-hybridized carbons (Fsp3) is 0.250. The van der Waals surface area contributed by atoms with Gasteiger partial charge in [0, 0.05) is 21.2 Å². The van der Waals surface area contributed by atoms with Crippen molar-refractivity contribution >= 4 is 23.2 Å². The zero-order chi connectivity index (χ0) is 15.4. The van der Waals surface area contributed by atoms with Gasteiger partial charge >= 0.3 is 0 Å². The third-order valence-electron chi connectivity index (χ3n) is 3.29. The summed E-state index contributed by atoms with van der Waals surface area (Å²) in [6, 6.07) is 10.9. The van der Waals surface area contributed by atoms with E-state index in [2.05, 4.69) is 5.32 Å². The smallest absolute Gasteiger partial charge is 0.124 e. The molecule has 0 radical (unpaired) electrons. The highest BCUT2D eigenvalue weighted by Gasteiger charge is 2.21. The van der Waals surface area contributed by atoms with Crippen LogP contribution in [-0.2, 0) is 0 Å². The second kappa shape index (κ2) is 7.03. The van der Waals surface area contributed by atoms with Crippen molar-refractivity contribution < 1.29 is 9.47 Å². The average molecular weight is 326 g/mol. The molecule has 2 rings (SSSR count). The molecule has 2 aromatic carbocycles. The van der Waals surface area contributed by atoms with Crippen LogP contribution in [0.3, 0.4) is 0 Å². The van der Waals surface area contributed by atoms with E-state index in [1.54, 1.807) is 26.4 Å². The van der Waals surface area contributed by atoms with E-state index in [9.17, 15) is 0 Å². The maximum atomic E-state index is 6.13. The average Bonchev–Trinajstić information content (AvgIpc) is 2.48. The first-order chi connectivity index (χ1) is 10.1. The van der Waals surface area contributed by atoms with Crippen LogP contribution in [0, 0.1) is 0 Å².